The van der Waals surface area contributed by atoms with Crippen LogP contribution in [0.25, 0.3) is 11.1 Å². The maximum atomic E-state index is 12.8. The predicted octanol–water partition coefficient (Wildman–Crippen LogP) is 6.08. The molecule has 5 nitrogen and oxygen atoms in total. The van der Waals surface area contributed by atoms with E-state index in [0.717, 1.165) is 16.0 Å². The summed E-state index contributed by atoms with van der Waals surface area (Å²) in [6.07, 6.45) is 0. The minimum atomic E-state index is -0.355. The molecule has 32 heavy (non-hydrogen) atoms. The highest BCUT2D eigenvalue weighted by molar-refractivity contribution is 7.80. The molecule has 0 aliphatic carbocycles. The fourth-order valence-corrected chi connectivity index (χ4v) is 4.19. The van der Waals surface area contributed by atoms with E-state index in [1.807, 2.05) is 42.5 Å². The van der Waals surface area contributed by atoms with Crippen molar-refractivity contribution in [3.8, 4) is 17.2 Å². The van der Waals surface area contributed by atoms with Crippen molar-refractivity contribution in [2.45, 2.75) is 4.90 Å². The second kappa shape index (κ2) is 9.52. The lowest BCUT2D eigenvalue weighted by Gasteiger charge is -2.09. The first kappa shape index (κ1) is 21.4. The summed E-state index contributed by atoms with van der Waals surface area (Å²) in [6.45, 7) is 0. The van der Waals surface area contributed by atoms with Gasteiger partial charge >= 0.3 is 0 Å². The summed E-state index contributed by atoms with van der Waals surface area (Å²) in [4.78, 5) is 26.7. The largest absolute Gasteiger partial charge is 0.321 e. The quantitative estimate of drug-likeness (QED) is 0.319. The van der Waals surface area contributed by atoms with Crippen LogP contribution in [0.5, 0.6) is 0 Å². The topological polar surface area (TPSA) is 82.0 Å². The standard InChI is InChI=1S/C25H17N3O2S2/c26-15-16-4-3-5-19(14-16)27-25(30)23-21(12-13-32-23)28-24(29)18-10-8-17(9-11-18)20-6-1-2-7-22(20)31/h1-14,31H,(H,27,30)(H,28,29). The Morgan fingerprint density at radius 1 is 0.875 bits per heavy atom. The minimum Gasteiger partial charge on any atom is -0.321 e. The molecule has 0 saturated heterocycles. The van der Waals surface area contributed by atoms with Gasteiger partial charge in [0.05, 0.1) is 17.3 Å². The average Bonchev–Trinajstić information content (AvgIpc) is 3.28. The van der Waals surface area contributed by atoms with Crippen molar-refractivity contribution in [2.24, 2.45) is 0 Å². The van der Waals surface area contributed by atoms with E-state index in [-0.39, 0.29) is 11.8 Å². The number of carbonyl (C=O) groups excluding carboxylic acids is 2. The Balaban J connectivity index is 1.48. The van der Waals surface area contributed by atoms with Crippen LogP contribution in [-0.4, -0.2) is 11.8 Å². The molecule has 2 amide bonds. The van der Waals surface area contributed by atoms with Crippen molar-refractivity contribution < 1.29 is 9.59 Å². The number of hydrogen-bond donors (Lipinski definition) is 3. The Morgan fingerprint density at radius 2 is 1.66 bits per heavy atom. The van der Waals surface area contributed by atoms with E-state index in [4.69, 9.17) is 5.26 Å². The van der Waals surface area contributed by atoms with E-state index < -0.39 is 0 Å². The normalized spacial score (nSPS) is 10.2. The predicted molar refractivity (Wildman–Crippen MR) is 131 cm³/mol. The third kappa shape index (κ3) is 4.72. The number of nitrogens with zero attached hydrogens (tertiary/aromatic N) is 1. The minimum absolute atomic E-state index is 0.311. The molecule has 3 aromatic carbocycles. The molecule has 0 atom stereocenters. The lowest BCUT2D eigenvalue weighted by Crippen LogP contribution is -2.16. The fourth-order valence-electron chi connectivity index (χ4n) is 3.15. The summed E-state index contributed by atoms with van der Waals surface area (Å²) >= 11 is 5.70. The molecule has 0 aliphatic rings. The van der Waals surface area contributed by atoms with Gasteiger partial charge in [0.2, 0.25) is 0 Å². The Kier molecular flexibility index (Phi) is 6.36. The van der Waals surface area contributed by atoms with Gasteiger partial charge in [-0.15, -0.1) is 24.0 Å². The molecule has 0 aliphatic heterocycles. The highest BCUT2D eigenvalue weighted by atomic mass is 32.1. The van der Waals surface area contributed by atoms with Crippen LogP contribution in [0.1, 0.15) is 25.6 Å². The summed E-state index contributed by atoms with van der Waals surface area (Å²) in [6, 6.07) is 25.3. The van der Waals surface area contributed by atoms with Crippen molar-refractivity contribution in [3.63, 3.8) is 0 Å². The van der Waals surface area contributed by atoms with Crippen LogP contribution >= 0.6 is 24.0 Å². The number of amides is 2. The Morgan fingerprint density at radius 3 is 2.41 bits per heavy atom. The van der Waals surface area contributed by atoms with E-state index in [9.17, 15) is 9.59 Å². The molecule has 0 spiro atoms. The molecule has 0 saturated carbocycles. The van der Waals surface area contributed by atoms with Crippen molar-refractivity contribution >= 4 is 47.2 Å². The lowest BCUT2D eigenvalue weighted by atomic mass is 10.0. The van der Waals surface area contributed by atoms with E-state index in [0.29, 0.717) is 27.4 Å². The van der Waals surface area contributed by atoms with Crippen molar-refractivity contribution in [1.82, 2.24) is 0 Å². The zero-order valence-corrected chi connectivity index (χ0v) is 18.4. The second-order valence-corrected chi connectivity index (χ2v) is 8.26. The maximum Gasteiger partial charge on any atom is 0.267 e. The van der Waals surface area contributed by atoms with Crippen LogP contribution in [-0.2, 0) is 0 Å². The third-order valence-corrected chi connectivity index (χ3v) is 6.03. The van der Waals surface area contributed by atoms with Gasteiger partial charge in [0.15, 0.2) is 0 Å². The number of rotatable bonds is 5. The van der Waals surface area contributed by atoms with Gasteiger partial charge in [-0.25, -0.2) is 0 Å². The zero-order valence-electron chi connectivity index (χ0n) is 16.7. The Labute approximate surface area is 194 Å². The van der Waals surface area contributed by atoms with Gasteiger partial charge in [0.1, 0.15) is 4.88 Å². The van der Waals surface area contributed by atoms with Crippen LogP contribution in [0.4, 0.5) is 11.4 Å². The summed E-state index contributed by atoms with van der Waals surface area (Å²) in [5, 5.41) is 16.3. The Hall–Kier alpha value is -3.86. The van der Waals surface area contributed by atoms with Crippen LogP contribution in [0.15, 0.2) is 89.1 Å². The molecule has 0 bridgehead atoms. The highest BCUT2D eigenvalue weighted by Crippen LogP contribution is 2.27. The second-order valence-electron chi connectivity index (χ2n) is 6.86. The fraction of sp³-hybridized carbons (Fsp3) is 0. The molecule has 0 fully saturated rings. The number of anilines is 2. The first-order chi connectivity index (χ1) is 15.5. The maximum absolute atomic E-state index is 12.8. The zero-order chi connectivity index (χ0) is 22.5. The van der Waals surface area contributed by atoms with E-state index >= 15 is 0 Å². The van der Waals surface area contributed by atoms with Crippen LogP contribution in [0, 0.1) is 11.3 Å². The van der Waals surface area contributed by atoms with Crippen LogP contribution < -0.4 is 10.6 Å². The molecule has 4 aromatic rings. The average molecular weight is 456 g/mol. The molecule has 2 N–H and O–H groups in total. The van der Waals surface area contributed by atoms with Gasteiger partial charge in [0.25, 0.3) is 11.8 Å². The number of nitriles is 1. The van der Waals surface area contributed by atoms with E-state index in [1.165, 1.54) is 11.3 Å². The first-order valence-electron chi connectivity index (χ1n) is 9.64. The van der Waals surface area contributed by atoms with Crippen molar-refractivity contribution in [3.05, 3.63) is 100 Å². The number of thiol groups is 1. The molecule has 156 valence electrons. The molecule has 0 radical (unpaired) electrons. The van der Waals surface area contributed by atoms with Gasteiger partial charge in [-0.05, 0) is 59.0 Å². The smallest absolute Gasteiger partial charge is 0.267 e. The van der Waals surface area contributed by atoms with Gasteiger partial charge in [0, 0.05) is 16.1 Å². The molecule has 7 heteroatoms. The van der Waals surface area contributed by atoms with Crippen LogP contribution in [0.3, 0.4) is 0 Å². The third-order valence-electron chi connectivity index (χ3n) is 4.73. The summed E-state index contributed by atoms with van der Waals surface area (Å²) in [7, 11) is 0. The number of carbonyl (C=O) groups is 2. The van der Waals surface area contributed by atoms with Gasteiger partial charge in [-0.2, -0.15) is 5.26 Å². The molecule has 1 aromatic heterocycles. The van der Waals surface area contributed by atoms with E-state index in [1.54, 1.807) is 47.8 Å². The summed E-state index contributed by atoms with van der Waals surface area (Å²) in [5.74, 6) is -0.666. The summed E-state index contributed by atoms with van der Waals surface area (Å²) < 4.78 is 0. The van der Waals surface area contributed by atoms with Gasteiger partial charge in [-0.3, -0.25) is 9.59 Å². The number of thiophene rings is 1. The number of hydrogen-bond acceptors (Lipinski definition) is 5. The van der Waals surface area contributed by atoms with Crippen LogP contribution in [0.2, 0.25) is 0 Å². The molecular weight excluding hydrogens is 438 g/mol. The van der Waals surface area contributed by atoms with Crippen molar-refractivity contribution in [2.75, 3.05) is 10.6 Å². The van der Waals surface area contributed by atoms with Gasteiger partial charge in [-0.1, -0.05) is 36.4 Å². The lowest BCUT2D eigenvalue weighted by molar-refractivity contribution is 0.102. The molecule has 4 rings (SSSR count). The molecule has 0 unspecified atom stereocenters. The first-order valence-corrected chi connectivity index (χ1v) is 11.0. The summed E-state index contributed by atoms with van der Waals surface area (Å²) in [5.41, 5.74) is 3.82. The highest BCUT2D eigenvalue weighted by Gasteiger charge is 2.17. The van der Waals surface area contributed by atoms with Crippen molar-refractivity contribution in [1.29, 1.82) is 5.26 Å². The van der Waals surface area contributed by atoms with E-state index in [2.05, 4.69) is 23.3 Å². The number of nitrogens with one attached hydrogen (secondary N) is 2. The number of benzene rings is 3. The Bertz CT molecular complexity index is 1340. The van der Waals surface area contributed by atoms with Gasteiger partial charge < -0.3 is 10.6 Å². The monoisotopic (exact) mass is 455 g/mol. The molecule has 1 heterocycles. The molecular formula is C25H17N3O2S2. The SMILES string of the molecule is N#Cc1cccc(NC(=O)c2sccc2NC(=O)c2ccc(-c3ccccc3S)cc2)c1.